The van der Waals surface area contributed by atoms with Crippen LogP contribution in [0.5, 0.6) is 0 Å². The van der Waals surface area contributed by atoms with Crippen LogP contribution in [0.3, 0.4) is 0 Å². The van der Waals surface area contributed by atoms with E-state index in [1.807, 2.05) is 0 Å². The van der Waals surface area contributed by atoms with Crippen LogP contribution in [0.4, 0.5) is 10.6 Å². The number of phosphoric ester groups is 1. The fraction of sp³-hybridized carbons (Fsp3) is 0.611. The molecule has 3 heterocycles. The number of carboxylic acid groups (broad SMARTS) is 1. The van der Waals surface area contributed by atoms with Crippen molar-refractivity contribution < 1.29 is 57.4 Å². The van der Waals surface area contributed by atoms with E-state index in [2.05, 4.69) is 34.4 Å². The minimum absolute atomic E-state index is 0.0636. The summed E-state index contributed by atoms with van der Waals surface area (Å²) in [7, 11) is -10.3. The van der Waals surface area contributed by atoms with Gasteiger partial charge < -0.3 is 35.2 Å². The number of ether oxygens (including phenoxy) is 1. The molecule has 2 unspecified atom stereocenters. The molecule has 0 radical (unpaired) electrons. The maximum absolute atomic E-state index is 12.4. The first-order valence-corrected chi connectivity index (χ1v) is 14.6. The van der Waals surface area contributed by atoms with Crippen LogP contribution in [0.2, 0.25) is 0 Å². The molecule has 6 atom stereocenters. The number of aliphatic hydroxyl groups excluding tert-OH is 2. The standard InChI is InChI=1S/C18H26N6O12P2/c25-11(26)6-37(30,31)36-38(32,33)34-5-10-13(27)14(28)17(35-10)24-8-21-12-15(19-7-20-16(12)24)23-18(29)22-9-3-1-2-4-9/h7-10,13-14,17,27-28H,1-6H2,(H,25,26)(H,30,31)(H,32,33)(H2,19,20,22,23,29)/t10-,13+,14+,17-/m1/s1. The van der Waals surface area contributed by atoms with Gasteiger partial charge in [-0.15, -0.1) is 0 Å². The van der Waals surface area contributed by atoms with E-state index in [1.165, 1.54) is 10.9 Å². The lowest BCUT2D eigenvalue weighted by Gasteiger charge is -2.19. The number of urea groups is 1. The van der Waals surface area contributed by atoms with Crippen molar-refractivity contribution in [2.75, 3.05) is 18.1 Å². The van der Waals surface area contributed by atoms with Gasteiger partial charge in [0.1, 0.15) is 30.8 Å². The number of aromatic nitrogens is 4. The van der Waals surface area contributed by atoms with E-state index in [0.29, 0.717) is 0 Å². The molecular weight excluding hydrogens is 554 g/mol. The Bertz CT molecular complexity index is 1290. The number of imidazole rings is 1. The van der Waals surface area contributed by atoms with Crippen LogP contribution in [0.1, 0.15) is 31.9 Å². The second-order valence-electron chi connectivity index (χ2n) is 8.71. The molecule has 210 valence electrons. The number of carbonyl (C=O) groups is 2. The maximum atomic E-state index is 12.4. The molecule has 38 heavy (non-hydrogen) atoms. The highest BCUT2D eigenvalue weighted by atomic mass is 31.3. The lowest BCUT2D eigenvalue weighted by Crippen LogP contribution is -2.36. The summed E-state index contributed by atoms with van der Waals surface area (Å²) < 4.78 is 39.1. The Kier molecular flexibility index (Phi) is 8.46. The van der Waals surface area contributed by atoms with Crippen LogP contribution in [0.25, 0.3) is 11.2 Å². The average molecular weight is 580 g/mol. The Labute approximate surface area is 214 Å². The molecule has 0 bridgehead atoms. The lowest BCUT2D eigenvalue weighted by molar-refractivity contribution is -0.134. The number of aliphatic carboxylic acids is 1. The van der Waals surface area contributed by atoms with Crippen LogP contribution < -0.4 is 10.6 Å². The summed E-state index contributed by atoms with van der Waals surface area (Å²) in [4.78, 5) is 54.3. The van der Waals surface area contributed by atoms with E-state index < -0.39 is 64.7 Å². The number of hydrogen-bond donors (Lipinski definition) is 7. The van der Waals surface area contributed by atoms with Crippen LogP contribution in [-0.2, 0) is 27.5 Å². The molecule has 0 spiro atoms. The summed E-state index contributed by atoms with van der Waals surface area (Å²) in [6.07, 6.45) is -1.25. The SMILES string of the molecule is O=C(O)CP(=O)(O)OP(=O)(O)OC[C@H]1O[C@@H](n2cnc3c(NC(=O)NC4CCCC4)ncnc32)[C@@H](O)[C@H]1O. The number of carbonyl (C=O) groups excluding carboxylic acids is 1. The number of nitrogens with zero attached hydrogens (tertiary/aromatic N) is 4. The molecule has 2 fully saturated rings. The van der Waals surface area contributed by atoms with Crippen LogP contribution in [-0.4, -0.2) is 93.7 Å². The van der Waals surface area contributed by atoms with Crippen molar-refractivity contribution in [3.05, 3.63) is 12.7 Å². The van der Waals surface area contributed by atoms with Gasteiger partial charge in [-0.3, -0.25) is 23.8 Å². The third-order valence-corrected chi connectivity index (χ3v) is 8.85. The topological polar surface area (TPSA) is 265 Å². The zero-order valence-corrected chi connectivity index (χ0v) is 21.4. The predicted molar refractivity (Wildman–Crippen MR) is 125 cm³/mol. The zero-order valence-electron chi connectivity index (χ0n) is 19.6. The van der Waals surface area contributed by atoms with Gasteiger partial charge in [-0.05, 0) is 12.8 Å². The van der Waals surface area contributed by atoms with Gasteiger partial charge in [-0.25, -0.2) is 28.6 Å². The molecular formula is C18H26N6O12P2. The molecule has 18 nitrogen and oxygen atoms in total. The number of anilines is 1. The number of hydrogen-bond acceptors (Lipinski definition) is 12. The summed E-state index contributed by atoms with van der Waals surface area (Å²) in [6, 6.07) is -0.406. The Morgan fingerprint density at radius 1 is 1.13 bits per heavy atom. The Balaban J connectivity index is 1.43. The number of nitrogens with one attached hydrogen (secondary N) is 2. The van der Waals surface area contributed by atoms with E-state index in [0.717, 1.165) is 32.0 Å². The largest absolute Gasteiger partial charge is 0.481 e. The molecule has 2 aliphatic rings. The maximum Gasteiger partial charge on any atom is 0.479 e. The number of phosphoric acid groups is 1. The fourth-order valence-electron chi connectivity index (χ4n) is 4.18. The lowest BCUT2D eigenvalue weighted by atomic mass is 10.1. The van der Waals surface area contributed by atoms with Crippen molar-refractivity contribution in [2.45, 2.75) is 56.3 Å². The number of rotatable bonds is 10. The number of fused-ring (bicyclic) bond motifs is 1. The first-order chi connectivity index (χ1) is 17.8. The Morgan fingerprint density at radius 2 is 1.84 bits per heavy atom. The van der Waals surface area contributed by atoms with Gasteiger partial charge in [-0.2, -0.15) is 0 Å². The van der Waals surface area contributed by atoms with Gasteiger partial charge in [0.15, 0.2) is 23.2 Å². The Hall–Kier alpha value is -2.53. The molecule has 2 aromatic rings. The molecule has 20 heteroatoms. The van der Waals surface area contributed by atoms with Crippen molar-refractivity contribution in [1.29, 1.82) is 0 Å². The van der Waals surface area contributed by atoms with Crippen LogP contribution in [0, 0.1) is 0 Å². The fourth-order valence-corrected chi connectivity index (χ4v) is 6.56. The monoisotopic (exact) mass is 580 g/mol. The first-order valence-electron chi connectivity index (χ1n) is 11.3. The van der Waals surface area contributed by atoms with Crippen LogP contribution >= 0.6 is 15.4 Å². The van der Waals surface area contributed by atoms with Gasteiger partial charge >= 0.3 is 27.4 Å². The minimum atomic E-state index is -5.25. The third-order valence-electron chi connectivity index (χ3n) is 5.86. The molecule has 1 saturated heterocycles. The van der Waals surface area contributed by atoms with Gasteiger partial charge in [0.05, 0.1) is 12.9 Å². The van der Waals surface area contributed by atoms with Gasteiger partial charge in [-0.1, -0.05) is 12.8 Å². The number of carboxylic acids is 1. The highest BCUT2D eigenvalue weighted by molar-refractivity contribution is 7.64. The molecule has 1 aliphatic carbocycles. The Morgan fingerprint density at radius 3 is 2.53 bits per heavy atom. The molecule has 1 aliphatic heterocycles. The summed E-state index contributed by atoms with van der Waals surface area (Å²) in [5.41, 5.74) is 0.282. The van der Waals surface area contributed by atoms with Crippen molar-refractivity contribution >= 4 is 44.4 Å². The zero-order chi connectivity index (χ0) is 27.7. The van der Waals surface area contributed by atoms with Crippen molar-refractivity contribution in [3.8, 4) is 0 Å². The summed E-state index contributed by atoms with van der Waals surface area (Å²) >= 11 is 0. The highest BCUT2D eigenvalue weighted by Gasteiger charge is 2.46. The summed E-state index contributed by atoms with van der Waals surface area (Å²) in [6.45, 7) is -0.884. The second kappa shape index (κ2) is 11.3. The van der Waals surface area contributed by atoms with E-state index in [1.54, 1.807) is 0 Å². The molecule has 1 saturated carbocycles. The molecule has 4 rings (SSSR count). The highest BCUT2D eigenvalue weighted by Crippen LogP contribution is 2.59. The normalized spacial score (nSPS) is 27.2. The van der Waals surface area contributed by atoms with Gasteiger partial charge in [0.25, 0.3) is 0 Å². The van der Waals surface area contributed by atoms with E-state index in [9.17, 15) is 38.7 Å². The van der Waals surface area contributed by atoms with Crippen LogP contribution in [0.15, 0.2) is 12.7 Å². The van der Waals surface area contributed by atoms with E-state index in [-0.39, 0.29) is 23.0 Å². The number of aliphatic hydroxyl groups is 2. The first kappa shape index (κ1) is 28.5. The van der Waals surface area contributed by atoms with Gasteiger partial charge in [0, 0.05) is 6.04 Å². The van der Waals surface area contributed by atoms with E-state index >= 15 is 0 Å². The van der Waals surface area contributed by atoms with Crippen molar-refractivity contribution in [2.24, 2.45) is 0 Å². The average Bonchev–Trinajstić information content (AvgIpc) is 3.52. The minimum Gasteiger partial charge on any atom is -0.481 e. The second-order valence-corrected chi connectivity index (χ2v) is 12.1. The molecule has 2 amide bonds. The summed E-state index contributed by atoms with van der Waals surface area (Å²) in [5, 5.41) is 34.9. The predicted octanol–water partition coefficient (Wildman–Crippen LogP) is -0.0868. The molecule has 7 N–H and O–H groups in total. The summed E-state index contributed by atoms with van der Waals surface area (Å²) in [5.74, 6) is -1.66. The van der Waals surface area contributed by atoms with Gasteiger partial charge in [0.2, 0.25) is 0 Å². The van der Waals surface area contributed by atoms with E-state index in [4.69, 9.17) is 9.84 Å². The third kappa shape index (κ3) is 6.72. The smallest absolute Gasteiger partial charge is 0.479 e. The number of amides is 2. The molecule has 0 aromatic carbocycles. The molecule has 2 aromatic heterocycles. The van der Waals surface area contributed by atoms with Crippen molar-refractivity contribution in [3.63, 3.8) is 0 Å². The van der Waals surface area contributed by atoms with Crippen molar-refractivity contribution in [1.82, 2.24) is 24.8 Å². The quantitative estimate of drug-likeness (QED) is 0.181.